The maximum absolute atomic E-state index is 13.1. The van der Waals surface area contributed by atoms with E-state index in [2.05, 4.69) is 4.98 Å². The molecule has 3 aromatic rings. The van der Waals surface area contributed by atoms with Crippen molar-refractivity contribution in [1.29, 1.82) is 0 Å². The molecule has 1 heterocycles. The molecule has 0 aliphatic carbocycles. The molecule has 0 aliphatic rings. The van der Waals surface area contributed by atoms with Crippen molar-refractivity contribution in [2.45, 2.75) is 20.0 Å². The summed E-state index contributed by atoms with van der Waals surface area (Å²) >= 11 is 6.12. The third kappa shape index (κ3) is 3.31. The van der Waals surface area contributed by atoms with Crippen molar-refractivity contribution in [3.8, 4) is 5.75 Å². The Bertz CT molecular complexity index is 882. The van der Waals surface area contributed by atoms with Crippen LogP contribution in [-0.2, 0) is 6.42 Å². The molecule has 0 unspecified atom stereocenters. The highest BCUT2D eigenvalue weighted by atomic mass is 35.5. The van der Waals surface area contributed by atoms with E-state index in [1.807, 2.05) is 0 Å². The van der Waals surface area contributed by atoms with Crippen LogP contribution >= 0.6 is 11.6 Å². The van der Waals surface area contributed by atoms with Crippen molar-refractivity contribution >= 4 is 22.5 Å². The first-order chi connectivity index (χ1) is 11.5. The molecule has 0 fully saturated rings. The smallest absolute Gasteiger partial charge is 0.387 e. The SMILES string of the molecule is Cc1nc2c(Cl)cccc2c(OC(F)F)c1Cc1ccc(F)cc1. The molecule has 6 heteroatoms. The van der Waals surface area contributed by atoms with Crippen LogP contribution in [0.4, 0.5) is 13.2 Å². The van der Waals surface area contributed by atoms with Gasteiger partial charge in [-0.1, -0.05) is 29.8 Å². The first-order valence-electron chi connectivity index (χ1n) is 7.22. The summed E-state index contributed by atoms with van der Waals surface area (Å²) in [5.41, 5.74) is 2.24. The molecular weight excluding hydrogens is 339 g/mol. The van der Waals surface area contributed by atoms with Crippen LogP contribution in [0.2, 0.25) is 5.02 Å². The first kappa shape index (κ1) is 16.6. The third-order valence-corrected chi connectivity index (χ3v) is 4.03. The molecule has 1 aromatic heterocycles. The van der Waals surface area contributed by atoms with Gasteiger partial charge in [0.2, 0.25) is 0 Å². The number of hydrogen-bond acceptors (Lipinski definition) is 2. The molecule has 0 atom stereocenters. The summed E-state index contributed by atoms with van der Waals surface area (Å²) in [7, 11) is 0. The summed E-state index contributed by atoms with van der Waals surface area (Å²) in [5.74, 6) is -0.303. The van der Waals surface area contributed by atoms with Gasteiger partial charge in [0.1, 0.15) is 11.6 Å². The number of halogens is 4. The predicted molar refractivity (Wildman–Crippen MR) is 87.3 cm³/mol. The van der Waals surface area contributed by atoms with Crippen molar-refractivity contribution < 1.29 is 17.9 Å². The molecule has 0 amide bonds. The summed E-state index contributed by atoms with van der Waals surface area (Å²) in [6.45, 7) is -1.26. The molecule has 0 aliphatic heterocycles. The molecule has 24 heavy (non-hydrogen) atoms. The van der Waals surface area contributed by atoms with Gasteiger partial charge >= 0.3 is 6.61 Å². The van der Waals surface area contributed by atoms with E-state index in [9.17, 15) is 13.2 Å². The lowest BCUT2D eigenvalue weighted by atomic mass is 10.00. The molecule has 0 bridgehead atoms. The maximum atomic E-state index is 13.1. The van der Waals surface area contributed by atoms with Crippen LogP contribution in [0.25, 0.3) is 10.9 Å². The van der Waals surface area contributed by atoms with Crippen molar-refractivity contribution in [2.75, 3.05) is 0 Å². The van der Waals surface area contributed by atoms with E-state index in [0.717, 1.165) is 5.56 Å². The number of aromatic nitrogens is 1. The number of nitrogens with zero attached hydrogens (tertiary/aromatic N) is 1. The van der Waals surface area contributed by atoms with Gasteiger partial charge in [-0.05, 0) is 36.8 Å². The number of ether oxygens (including phenoxy) is 1. The van der Waals surface area contributed by atoms with E-state index in [1.54, 1.807) is 37.3 Å². The number of fused-ring (bicyclic) bond motifs is 1. The number of hydrogen-bond donors (Lipinski definition) is 0. The molecule has 0 spiro atoms. The Morgan fingerprint density at radius 3 is 2.50 bits per heavy atom. The minimum atomic E-state index is -2.97. The topological polar surface area (TPSA) is 22.1 Å². The lowest BCUT2D eigenvalue weighted by Gasteiger charge is -2.16. The average molecular weight is 352 g/mol. The average Bonchev–Trinajstić information content (AvgIpc) is 2.53. The third-order valence-electron chi connectivity index (χ3n) is 3.72. The molecule has 3 rings (SSSR count). The van der Waals surface area contributed by atoms with Crippen molar-refractivity contribution in [1.82, 2.24) is 4.98 Å². The van der Waals surface area contributed by atoms with Crippen LogP contribution in [-0.4, -0.2) is 11.6 Å². The van der Waals surface area contributed by atoms with Crippen LogP contribution in [0.15, 0.2) is 42.5 Å². The number of rotatable bonds is 4. The van der Waals surface area contributed by atoms with Crippen molar-refractivity contribution in [2.24, 2.45) is 0 Å². The summed E-state index contributed by atoms with van der Waals surface area (Å²) in [5, 5.41) is 0.786. The van der Waals surface area contributed by atoms with Crippen LogP contribution in [0.3, 0.4) is 0 Å². The number of aryl methyl sites for hydroxylation is 1. The van der Waals surface area contributed by atoms with Crippen molar-refractivity contribution in [3.63, 3.8) is 0 Å². The molecule has 0 saturated heterocycles. The summed E-state index contributed by atoms with van der Waals surface area (Å²) in [6, 6.07) is 10.8. The molecule has 0 saturated carbocycles. The Kier molecular flexibility index (Phi) is 4.62. The fourth-order valence-corrected chi connectivity index (χ4v) is 2.83. The zero-order chi connectivity index (χ0) is 17.3. The summed E-state index contributed by atoms with van der Waals surface area (Å²) in [4.78, 5) is 4.43. The van der Waals surface area contributed by atoms with E-state index in [0.29, 0.717) is 33.6 Å². The molecule has 2 aromatic carbocycles. The normalized spacial score (nSPS) is 11.2. The number of benzene rings is 2. The van der Waals surface area contributed by atoms with Gasteiger partial charge in [-0.3, -0.25) is 4.98 Å². The number of para-hydroxylation sites is 1. The Labute approximate surface area is 141 Å². The quantitative estimate of drug-likeness (QED) is 0.616. The van der Waals surface area contributed by atoms with E-state index in [4.69, 9.17) is 16.3 Å². The first-order valence-corrected chi connectivity index (χ1v) is 7.60. The minimum Gasteiger partial charge on any atom is -0.434 e. The summed E-state index contributed by atoms with van der Waals surface area (Å²) in [6.07, 6.45) is 0.295. The van der Waals surface area contributed by atoms with Crippen LogP contribution < -0.4 is 4.74 Å². The molecule has 0 N–H and O–H groups in total. The van der Waals surface area contributed by atoms with Gasteiger partial charge in [0.15, 0.2) is 0 Å². The molecule has 2 nitrogen and oxygen atoms in total. The van der Waals surface area contributed by atoms with Crippen LogP contribution in [0.5, 0.6) is 5.75 Å². The second kappa shape index (κ2) is 6.69. The van der Waals surface area contributed by atoms with Gasteiger partial charge in [-0.15, -0.1) is 0 Å². The summed E-state index contributed by atoms with van der Waals surface area (Å²) < 4.78 is 43.7. The van der Waals surface area contributed by atoms with Gasteiger partial charge < -0.3 is 4.74 Å². The fraction of sp³-hybridized carbons (Fsp3) is 0.167. The lowest BCUT2D eigenvalue weighted by molar-refractivity contribution is -0.0493. The van der Waals surface area contributed by atoms with E-state index in [1.165, 1.54) is 12.1 Å². The monoisotopic (exact) mass is 351 g/mol. The fourth-order valence-electron chi connectivity index (χ4n) is 2.61. The maximum Gasteiger partial charge on any atom is 0.387 e. The minimum absolute atomic E-state index is 0.0549. The van der Waals surface area contributed by atoms with Gasteiger partial charge in [-0.25, -0.2) is 4.39 Å². The highest BCUT2D eigenvalue weighted by Crippen LogP contribution is 2.36. The lowest BCUT2D eigenvalue weighted by Crippen LogP contribution is -2.08. The molecular formula is C18H13ClF3NO. The van der Waals surface area contributed by atoms with Crippen LogP contribution in [0.1, 0.15) is 16.8 Å². The second-order valence-electron chi connectivity index (χ2n) is 5.32. The molecule has 0 radical (unpaired) electrons. The Morgan fingerprint density at radius 2 is 1.83 bits per heavy atom. The Balaban J connectivity index is 2.17. The standard InChI is InChI=1S/C18H13ClF3NO/c1-10-14(9-11-5-7-12(20)8-6-11)17(24-18(21)22)13-3-2-4-15(19)16(13)23-10/h2-8,18H,9H2,1H3. The highest BCUT2D eigenvalue weighted by Gasteiger charge is 2.19. The van der Waals surface area contributed by atoms with Gasteiger partial charge in [0.25, 0.3) is 0 Å². The second-order valence-corrected chi connectivity index (χ2v) is 5.73. The zero-order valence-corrected chi connectivity index (χ0v) is 13.4. The van der Waals surface area contributed by atoms with Crippen LogP contribution in [0, 0.1) is 12.7 Å². The van der Waals surface area contributed by atoms with E-state index < -0.39 is 6.61 Å². The number of pyridine rings is 1. The van der Waals surface area contributed by atoms with E-state index >= 15 is 0 Å². The Hall–Kier alpha value is -2.27. The molecule has 124 valence electrons. The number of alkyl halides is 2. The predicted octanol–water partition coefficient (Wildman–Crippen LogP) is 5.53. The highest BCUT2D eigenvalue weighted by molar-refractivity contribution is 6.35. The largest absolute Gasteiger partial charge is 0.434 e. The van der Waals surface area contributed by atoms with Gasteiger partial charge in [-0.2, -0.15) is 8.78 Å². The Morgan fingerprint density at radius 1 is 1.12 bits per heavy atom. The van der Waals surface area contributed by atoms with E-state index in [-0.39, 0.29) is 11.6 Å². The van der Waals surface area contributed by atoms with Gasteiger partial charge in [0, 0.05) is 23.1 Å². The van der Waals surface area contributed by atoms with Gasteiger partial charge in [0.05, 0.1) is 10.5 Å². The van der Waals surface area contributed by atoms with Crippen molar-refractivity contribution in [3.05, 3.63) is 70.1 Å². The zero-order valence-electron chi connectivity index (χ0n) is 12.7.